The molecule has 2 aromatic carbocycles. The fraction of sp³-hybridized carbons (Fsp3) is 0.348. The third-order valence-corrected chi connectivity index (χ3v) is 7.76. The molecule has 1 fully saturated rings. The highest BCUT2D eigenvalue weighted by atomic mass is 32.2. The van der Waals surface area contributed by atoms with E-state index in [0.717, 1.165) is 17.5 Å². The van der Waals surface area contributed by atoms with Crippen LogP contribution in [0, 0.1) is 12.8 Å². The van der Waals surface area contributed by atoms with Gasteiger partial charge in [-0.25, -0.2) is 8.42 Å². The Kier molecular flexibility index (Phi) is 5.92. The van der Waals surface area contributed by atoms with Crippen molar-refractivity contribution in [2.75, 3.05) is 19.6 Å². The SMILES string of the molecule is Cc1ccc(S(=O)(=O)N2CCC(C(=O)NCCc3c[nH]c4ccccc34)CC2)cc1. The summed E-state index contributed by atoms with van der Waals surface area (Å²) >= 11 is 0. The van der Waals surface area contributed by atoms with E-state index in [2.05, 4.69) is 16.4 Å². The molecule has 1 aromatic heterocycles. The fourth-order valence-electron chi connectivity index (χ4n) is 4.02. The molecule has 0 aliphatic carbocycles. The van der Waals surface area contributed by atoms with E-state index in [4.69, 9.17) is 0 Å². The number of sulfonamides is 1. The van der Waals surface area contributed by atoms with Crippen LogP contribution in [0.25, 0.3) is 10.9 Å². The first-order valence-electron chi connectivity index (χ1n) is 10.3. The van der Waals surface area contributed by atoms with Gasteiger partial charge in [0.25, 0.3) is 0 Å². The number of carbonyl (C=O) groups is 1. The molecule has 0 unspecified atom stereocenters. The number of benzene rings is 2. The van der Waals surface area contributed by atoms with Crippen molar-refractivity contribution in [1.82, 2.24) is 14.6 Å². The van der Waals surface area contributed by atoms with Gasteiger partial charge < -0.3 is 10.3 Å². The molecular weight excluding hydrogens is 398 g/mol. The van der Waals surface area contributed by atoms with Crippen molar-refractivity contribution >= 4 is 26.8 Å². The van der Waals surface area contributed by atoms with E-state index in [1.54, 1.807) is 24.3 Å². The average molecular weight is 426 g/mol. The molecule has 0 atom stereocenters. The number of H-pyrrole nitrogens is 1. The molecule has 3 aromatic rings. The summed E-state index contributed by atoms with van der Waals surface area (Å²) in [6.07, 6.45) is 3.84. The molecule has 0 radical (unpaired) electrons. The first kappa shape index (κ1) is 20.6. The summed E-state index contributed by atoms with van der Waals surface area (Å²) in [6.45, 7) is 3.25. The minimum Gasteiger partial charge on any atom is -0.361 e. The van der Waals surface area contributed by atoms with Gasteiger partial charge in [0, 0.05) is 42.7 Å². The molecule has 1 aliphatic rings. The third kappa shape index (κ3) is 4.27. The van der Waals surface area contributed by atoms with E-state index >= 15 is 0 Å². The molecule has 1 saturated heterocycles. The molecule has 6 nitrogen and oxygen atoms in total. The molecule has 0 saturated carbocycles. The minimum absolute atomic E-state index is 0.0159. The van der Waals surface area contributed by atoms with Gasteiger partial charge in [-0.1, -0.05) is 35.9 Å². The highest BCUT2D eigenvalue weighted by molar-refractivity contribution is 7.89. The van der Waals surface area contributed by atoms with Crippen LogP contribution in [0.4, 0.5) is 0 Å². The van der Waals surface area contributed by atoms with Crippen LogP contribution in [0.5, 0.6) is 0 Å². The smallest absolute Gasteiger partial charge is 0.243 e. The van der Waals surface area contributed by atoms with E-state index in [-0.39, 0.29) is 11.8 Å². The Bertz CT molecular complexity index is 1130. The Morgan fingerprint density at radius 2 is 1.80 bits per heavy atom. The largest absolute Gasteiger partial charge is 0.361 e. The van der Waals surface area contributed by atoms with E-state index in [0.29, 0.717) is 37.4 Å². The molecule has 0 spiro atoms. The lowest BCUT2D eigenvalue weighted by Crippen LogP contribution is -2.43. The number of nitrogens with one attached hydrogen (secondary N) is 2. The van der Waals surface area contributed by atoms with Crippen molar-refractivity contribution in [3.8, 4) is 0 Å². The number of aromatic nitrogens is 1. The van der Waals surface area contributed by atoms with Crippen LogP contribution in [0.3, 0.4) is 0 Å². The second-order valence-corrected chi connectivity index (χ2v) is 9.83. The lowest BCUT2D eigenvalue weighted by Gasteiger charge is -2.30. The molecule has 1 amide bonds. The van der Waals surface area contributed by atoms with E-state index in [9.17, 15) is 13.2 Å². The summed E-state index contributed by atoms with van der Waals surface area (Å²) in [4.78, 5) is 16.1. The van der Waals surface area contributed by atoms with Crippen molar-refractivity contribution in [1.29, 1.82) is 0 Å². The number of hydrogen-bond donors (Lipinski definition) is 2. The van der Waals surface area contributed by atoms with Gasteiger partial charge in [-0.15, -0.1) is 0 Å². The summed E-state index contributed by atoms with van der Waals surface area (Å²) in [5.74, 6) is -0.125. The fourth-order valence-corrected chi connectivity index (χ4v) is 5.49. The Labute approximate surface area is 177 Å². The van der Waals surface area contributed by atoms with Crippen molar-refractivity contribution in [2.45, 2.75) is 31.1 Å². The molecule has 30 heavy (non-hydrogen) atoms. The summed E-state index contributed by atoms with van der Waals surface area (Å²) < 4.78 is 27.1. The molecule has 7 heteroatoms. The Morgan fingerprint density at radius 1 is 1.10 bits per heavy atom. The number of hydrogen-bond acceptors (Lipinski definition) is 3. The number of rotatable bonds is 6. The van der Waals surface area contributed by atoms with Crippen molar-refractivity contribution in [3.05, 3.63) is 65.9 Å². The second kappa shape index (κ2) is 8.62. The molecule has 2 heterocycles. The van der Waals surface area contributed by atoms with Crippen LogP contribution in [0.15, 0.2) is 59.6 Å². The van der Waals surface area contributed by atoms with Crippen LogP contribution in [0.1, 0.15) is 24.0 Å². The topological polar surface area (TPSA) is 82.3 Å². The van der Waals surface area contributed by atoms with Crippen LogP contribution in [-0.4, -0.2) is 43.2 Å². The van der Waals surface area contributed by atoms with E-state index in [1.807, 2.05) is 31.3 Å². The zero-order valence-corrected chi connectivity index (χ0v) is 17.9. The predicted octanol–water partition coefficient (Wildman–Crippen LogP) is 3.24. The van der Waals surface area contributed by atoms with Crippen LogP contribution < -0.4 is 5.32 Å². The van der Waals surface area contributed by atoms with Crippen molar-refractivity contribution in [2.24, 2.45) is 5.92 Å². The molecule has 1 aliphatic heterocycles. The van der Waals surface area contributed by atoms with Gasteiger partial charge >= 0.3 is 0 Å². The maximum absolute atomic E-state index is 12.8. The number of amides is 1. The third-order valence-electron chi connectivity index (χ3n) is 5.85. The molecule has 4 rings (SSSR count). The number of nitrogens with zero attached hydrogens (tertiary/aromatic N) is 1. The Balaban J connectivity index is 1.28. The molecule has 0 bridgehead atoms. The number of fused-ring (bicyclic) bond motifs is 1. The summed E-state index contributed by atoms with van der Waals surface area (Å²) in [5, 5.41) is 4.21. The van der Waals surface area contributed by atoms with Gasteiger partial charge in [-0.2, -0.15) is 4.31 Å². The number of carbonyl (C=O) groups excluding carboxylic acids is 1. The van der Waals surface area contributed by atoms with Crippen molar-refractivity contribution < 1.29 is 13.2 Å². The van der Waals surface area contributed by atoms with Gasteiger partial charge in [-0.3, -0.25) is 4.79 Å². The van der Waals surface area contributed by atoms with E-state index < -0.39 is 10.0 Å². The first-order chi connectivity index (χ1) is 14.4. The summed E-state index contributed by atoms with van der Waals surface area (Å²) in [5.41, 5.74) is 3.31. The molecule has 158 valence electrons. The number of aromatic amines is 1. The number of para-hydroxylation sites is 1. The lowest BCUT2D eigenvalue weighted by atomic mass is 9.97. The first-order valence-corrected chi connectivity index (χ1v) is 11.8. The minimum atomic E-state index is -3.50. The second-order valence-electron chi connectivity index (χ2n) is 7.89. The zero-order valence-electron chi connectivity index (χ0n) is 17.1. The maximum Gasteiger partial charge on any atom is 0.243 e. The van der Waals surface area contributed by atoms with Gasteiger partial charge in [-0.05, 0) is 49.9 Å². The average Bonchev–Trinajstić information content (AvgIpc) is 3.17. The standard InChI is InChI=1S/C23H27N3O3S/c1-17-6-8-20(9-7-17)30(28,29)26-14-11-18(12-15-26)23(27)24-13-10-19-16-25-22-5-3-2-4-21(19)22/h2-9,16,18,25H,10-15H2,1H3,(H,24,27). The number of aryl methyl sites for hydroxylation is 1. The monoisotopic (exact) mass is 425 g/mol. The van der Waals surface area contributed by atoms with Gasteiger partial charge in [0.05, 0.1) is 4.90 Å². The molecule has 2 N–H and O–H groups in total. The number of piperidine rings is 1. The van der Waals surface area contributed by atoms with Gasteiger partial charge in [0.1, 0.15) is 0 Å². The highest BCUT2D eigenvalue weighted by Crippen LogP contribution is 2.24. The van der Waals surface area contributed by atoms with Crippen LogP contribution >= 0.6 is 0 Å². The normalized spacial score (nSPS) is 16.0. The highest BCUT2D eigenvalue weighted by Gasteiger charge is 2.31. The van der Waals surface area contributed by atoms with E-state index in [1.165, 1.54) is 15.3 Å². The predicted molar refractivity (Wildman–Crippen MR) is 118 cm³/mol. The van der Waals surface area contributed by atoms with Crippen molar-refractivity contribution in [3.63, 3.8) is 0 Å². The van der Waals surface area contributed by atoms with Gasteiger partial charge in [0.15, 0.2) is 0 Å². The van der Waals surface area contributed by atoms with Gasteiger partial charge in [0.2, 0.25) is 15.9 Å². The Hall–Kier alpha value is -2.64. The summed E-state index contributed by atoms with van der Waals surface area (Å²) in [6, 6.07) is 15.0. The summed E-state index contributed by atoms with van der Waals surface area (Å²) in [7, 11) is -3.50. The zero-order chi connectivity index (χ0) is 21.1. The Morgan fingerprint density at radius 3 is 2.53 bits per heavy atom. The van der Waals surface area contributed by atoms with Crippen LogP contribution in [-0.2, 0) is 21.2 Å². The maximum atomic E-state index is 12.8. The van der Waals surface area contributed by atoms with Crippen LogP contribution in [0.2, 0.25) is 0 Å². The quantitative estimate of drug-likeness (QED) is 0.636. The molecular formula is C23H27N3O3S. The lowest BCUT2D eigenvalue weighted by molar-refractivity contribution is -0.126.